The van der Waals surface area contributed by atoms with Crippen LogP contribution < -0.4 is 0 Å². The van der Waals surface area contributed by atoms with Gasteiger partial charge in [-0.2, -0.15) is 0 Å². The molecular formula is C14H15NO2. The predicted molar refractivity (Wildman–Crippen MR) is 68.4 cm³/mol. The van der Waals surface area contributed by atoms with Crippen molar-refractivity contribution >= 4 is 18.3 Å². The summed E-state index contributed by atoms with van der Waals surface area (Å²) in [5.74, 6) is -0.103. The Morgan fingerprint density at radius 3 is 2.65 bits per heavy atom. The lowest BCUT2D eigenvalue weighted by Gasteiger charge is -2.13. The van der Waals surface area contributed by atoms with Crippen molar-refractivity contribution in [2.45, 2.75) is 6.92 Å². The summed E-state index contributed by atoms with van der Waals surface area (Å²) in [4.78, 5) is 23.9. The van der Waals surface area contributed by atoms with Crippen molar-refractivity contribution in [1.29, 1.82) is 0 Å². The van der Waals surface area contributed by atoms with Crippen molar-refractivity contribution in [3.8, 4) is 0 Å². The first-order valence-electron chi connectivity index (χ1n) is 5.31. The largest absolute Gasteiger partial charge is 0.318 e. The highest BCUT2D eigenvalue weighted by Gasteiger charge is 2.11. The van der Waals surface area contributed by atoms with Crippen LogP contribution in [0.3, 0.4) is 0 Å². The van der Waals surface area contributed by atoms with Crippen LogP contribution in [-0.2, 0) is 4.79 Å². The van der Waals surface area contributed by atoms with E-state index >= 15 is 0 Å². The van der Waals surface area contributed by atoms with Crippen LogP contribution in [0.4, 0.5) is 0 Å². The topological polar surface area (TPSA) is 37.4 Å². The van der Waals surface area contributed by atoms with Gasteiger partial charge in [-0.1, -0.05) is 30.4 Å². The smallest absolute Gasteiger partial charge is 0.258 e. The molecule has 1 aromatic rings. The summed E-state index contributed by atoms with van der Waals surface area (Å²) in [6.07, 6.45) is 7.19. The second kappa shape index (κ2) is 6.43. The average Bonchev–Trinajstić information content (AvgIpc) is 2.36. The second-order valence-corrected chi connectivity index (χ2v) is 3.48. The normalized spacial score (nSPS) is 10.9. The fourth-order valence-corrected chi connectivity index (χ4v) is 1.46. The van der Waals surface area contributed by atoms with E-state index in [1.54, 1.807) is 43.6 Å². The van der Waals surface area contributed by atoms with Gasteiger partial charge in [0.2, 0.25) is 0 Å². The van der Waals surface area contributed by atoms with Crippen LogP contribution in [0.1, 0.15) is 22.8 Å². The summed E-state index contributed by atoms with van der Waals surface area (Å²) < 4.78 is 0. The van der Waals surface area contributed by atoms with Gasteiger partial charge < -0.3 is 4.90 Å². The van der Waals surface area contributed by atoms with Gasteiger partial charge in [0.25, 0.3) is 5.91 Å². The van der Waals surface area contributed by atoms with Gasteiger partial charge in [0.15, 0.2) is 0 Å². The van der Waals surface area contributed by atoms with Crippen LogP contribution in [0.15, 0.2) is 42.6 Å². The fraction of sp³-hybridized carbons (Fsp3) is 0.143. The number of hydrogen-bond acceptors (Lipinski definition) is 2. The highest BCUT2D eigenvalue weighted by Crippen LogP contribution is 2.13. The van der Waals surface area contributed by atoms with Crippen molar-refractivity contribution in [2.24, 2.45) is 0 Å². The highest BCUT2D eigenvalue weighted by atomic mass is 16.2. The van der Waals surface area contributed by atoms with E-state index in [0.717, 1.165) is 5.56 Å². The minimum absolute atomic E-state index is 0.103. The van der Waals surface area contributed by atoms with Crippen molar-refractivity contribution < 1.29 is 9.59 Å². The quantitative estimate of drug-likeness (QED) is 0.587. The summed E-state index contributed by atoms with van der Waals surface area (Å²) in [6, 6.07) is 7.18. The highest BCUT2D eigenvalue weighted by molar-refractivity contribution is 5.98. The van der Waals surface area contributed by atoms with Gasteiger partial charge in [0.05, 0.1) is 0 Å². The molecule has 3 heteroatoms. The monoisotopic (exact) mass is 229 g/mol. The number of amides is 1. The van der Waals surface area contributed by atoms with E-state index in [0.29, 0.717) is 11.8 Å². The molecule has 1 amide bonds. The average molecular weight is 229 g/mol. The third-order valence-electron chi connectivity index (χ3n) is 2.24. The molecule has 3 nitrogen and oxygen atoms in total. The zero-order valence-corrected chi connectivity index (χ0v) is 9.96. The first-order chi connectivity index (χ1) is 8.20. The number of aldehydes is 1. The third kappa shape index (κ3) is 3.41. The number of allylic oxidation sites excluding steroid dienone is 2. The second-order valence-electron chi connectivity index (χ2n) is 3.48. The Morgan fingerprint density at radius 2 is 2.00 bits per heavy atom. The molecule has 0 spiro atoms. The van der Waals surface area contributed by atoms with Crippen molar-refractivity contribution in [3.05, 3.63) is 53.7 Å². The van der Waals surface area contributed by atoms with Crippen molar-refractivity contribution in [1.82, 2.24) is 4.90 Å². The van der Waals surface area contributed by atoms with E-state index in [1.807, 2.05) is 13.0 Å². The Hall–Kier alpha value is -2.16. The van der Waals surface area contributed by atoms with Crippen LogP contribution in [0.2, 0.25) is 0 Å². The summed E-state index contributed by atoms with van der Waals surface area (Å²) in [5.41, 5.74) is 1.31. The van der Waals surface area contributed by atoms with Gasteiger partial charge in [0.1, 0.15) is 6.29 Å². The molecule has 17 heavy (non-hydrogen) atoms. The first-order valence-corrected chi connectivity index (χ1v) is 5.31. The number of carbonyl (C=O) groups excluding carboxylic acids is 2. The zero-order chi connectivity index (χ0) is 12.7. The zero-order valence-electron chi connectivity index (χ0n) is 9.96. The lowest BCUT2D eigenvalue weighted by atomic mass is 10.1. The molecule has 0 saturated carbocycles. The maximum Gasteiger partial charge on any atom is 0.258 e. The molecule has 0 bridgehead atoms. The van der Waals surface area contributed by atoms with Crippen LogP contribution >= 0.6 is 0 Å². The van der Waals surface area contributed by atoms with Gasteiger partial charge in [-0.25, -0.2) is 0 Å². The van der Waals surface area contributed by atoms with Crippen molar-refractivity contribution in [3.63, 3.8) is 0 Å². The molecule has 0 aliphatic carbocycles. The van der Waals surface area contributed by atoms with Crippen LogP contribution in [0, 0.1) is 0 Å². The van der Waals surface area contributed by atoms with E-state index in [9.17, 15) is 9.59 Å². The fourth-order valence-electron chi connectivity index (χ4n) is 1.46. The maximum atomic E-state index is 12.1. The Kier molecular flexibility index (Phi) is 4.88. The molecule has 0 fully saturated rings. The molecule has 1 aromatic carbocycles. The number of hydrogen-bond donors (Lipinski definition) is 0. The van der Waals surface area contributed by atoms with Crippen LogP contribution in [0.5, 0.6) is 0 Å². The minimum Gasteiger partial charge on any atom is -0.318 e. The number of nitrogens with zero attached hydrogens (tertiary/aromatic N) is 1. The summed E-state index contributed by atoms with van der Waals surface area (Å²) >= 11 is 0. The van der Waals surface area contributed by atoms with Gasteiger partial charge in [-0.05, 0) is 24.6 Å². The van der Waals surface area contributed by atoms with Crippen LogP contribution in [0.25, 0.3) is 6.08 Å². The number of benzene rings is 1. The summed E-state index contributed by atoms with van der Waals surface area (Å²) in [5, 5.41) is 0. The SMILES string of the molecule is C/C=C\N(C)C(=O)c1ccccc1/C=C/C=O. The summed E-state index contributed by atoms with van der Waals surface area (Å²) in [7, 11) is 1.70. The molecule has 0 atom stereocenters. The van der Waals surface area contributed by atoms with E-state index in [-0.39, 0.29) is 5.91 Å². The van der Waals surface area contributed by atoms with E-state index in [2.05, 4.69) is 0 Å². The van der Waals surface area contributed by atoms with E-state index in [4.69, 9.17) is 0 Å². The standard InChI is InChI=1S/C14H15NO2/c1-3-10-15(2)14(17)13-9-5-4-7-12(13)8-6-11-16/h3-11H,1-2H3/b8-6+,10-3-. The molecule has 0 unspecified atom stereocenters. The van der Waals surface area contributed by atoms with Gasteiger partial charge >= 0.3 is 0 Å². The molecule has 0 N–H and O–H groups in total. The van der Waals surface area contributed by atoms with E-state index in [1.165, 1.54) is 11.0 Å². The molecule has 0 aliphatic rings. The lowest BCUT2D eigenvalue weighted by Crippen LogP contribution is -2.21. The molecule has 0 aliphatic heterocycles. The molecule has 0 aromatic heterocycles. The lowest BCUT2D eigenvalue weighted by molar-refractivity contribution is -0.104. The maximum absolute atomic E-state index is 12.1. The molecule has 0 saturated heterocycles. The first kappa shape index (κ1) is 12.9. The Labute approximate surface area is 101 Å². The molecular weight excluding hydrogens is 214 g/mol. The van der Waals surface area contributed by atoms with E-state index < -0.39 is 0 Å². The molecule has 0 heterocycles. The minimum atomic E-state index is -0.103. The van der Waals surface area contributed by atoms with Crippen LogP contribution in [-0.4, -0.2) is 24.1 Å². The van der Waals surface area contributed by atoms with Gasteiger partial charge in [-0.3, -0.25) is 9.59 Å². The Morgan fingerprint density at radius 1 is 1.29 bits per heavy atom. The summed E-state index contributed by atoms with van der Waals surface area (Å²) in [6.45, 7) is 1.85. The molecule has 88 valence electrons. The molecule has 1 rings (SSSR count). The number of carbonyl (C=O) groups is 2. The van der Waals surface area contributed by atoms with Gasteiger partial charge in [0, 0.05) is 18.8 Å². The Bertz CT molecular complexity index is 461. The van der Waals surface area contributed by atoms with Crippen molar-refractivity contribution in [2.75, 3.05) is 7.05 Å². The molecule has 0 radical (unpaired) electrons. The Balaban J connectivity index is 3.08. The third-order valence-corrected chi connectivity index (χ3v) is 2.24. The van der Waals surface area contributed by atoms with Gasteiger partial charge in [-0.15, -0.1) is 0 Å². The number of rotatable bonds is 4. The predicted octanol–water partition coefficient (Wildman–Crippen LogP) is 2.50.